The van der Waals surface area contributed by atoms with E-state index >= 15 is 0 Å². The number of nitrogens with zero attached hydrogens (tertiary/aromatic N) is 1. The minimum atomic E-state index is -0.685. The first kappa shape index (κ1) is 17.7. The highest BCUT2D eigenvalue weighted by Crippen LogP contribution is 2.41. The smallest absolute Gasteiger partial charge is 0.174 e. The molecule has 4 rings (SSSR count). The fourth-order valence-corrected chi connectivity index (χ4v) is 3.62. The molecule has 6 heteroatoms. The van der Waals surface area contributed by atoms with Crippen LogP contribution >= 0.6 is 0 Å². The number of morpholine rings is 1. The highest BCUT2D eigenvalue weighted by Gasteiger charge is 2.38. The predicted octanol–water partition coefficient (Wildman–Crippen LogP) is 3.06. The van der Waals surface area contributed by atoms with Crippen LogP contribution in [0, 0.1) is 0 Å². The highest BCUT2D eigenvalue weighted by atomic mass is 16.5. The average molecular weight is 368 g/mol. The monoisotopic (exact) mass is 368 g/mol. The molecule has 6 nitrogen and oxygen atoms in total. The number of phenols is 1. The van der Waals surface area contributed by atoms with Gasteiger partial charge in [0.1, 0.15) is 22.7 Å². The zero-order valence-corrected chi connectivity index (χ0v) is 15.4. The van der Waals surface area contributed by atoms with Crippen molar-refractivity contribution in [3.05, 3.63) is 48.0 Å². The second-order valence-corrected chi connectivity index (χ2v) is 7.31. The lowest BCUT2D eigenvalue weighted by Crippen LogP contribution is -2.45. The van der Waals surface area contributed by atoms with E-state index in [1.54, 1.807) is 6.07 Å². The summed E-state index contributed by atoms with van der Waals surface area (Å²) in [6.07, 6.45) is 0.213. The van der Waals surface area contributed by atoms with Crippen LogP contribution in [-0.4, -0.2) is 49.3 Å². The van der Waals surface area contributed by atoms with Crippen LogP contribution in [0.1, 0.15) is 23.7 Å². The van der Waals surface area contributed by atoms with Gasteiger partial charge in [-0.15, -0.1) is 0 Å². The molecular formula is C21H24N2O4. The molecule has 0 saturated carbocycles. The van der Waals surface area contributed by atoms with Gasteiger partial charge in [0.15, 0.2) is 5.78 Å². The quantitative estimate of drug-likeness (QED) is 0.864. The van der Waals surface area contributed by atoms with E-state index in [0.717, 1.165) is 24.5 Å². The minimum Gasteiger partial charge on any atom is -0.507 e. The molecule has 2 aromatic rings. The molecule has 0 amide bonds. The van der Waals surface area contributed by atoms with Crippen molar-refractivity contribution in [2.45, 2.75) is 18.9 Å². The van der Waals surface area contributed by atoms with Gasteiger partial charge >= 0.3 is 0 Å². The number of ether oxygens (including phenoxy) is 2. The number of carbonyl (C=O) groups excluding carboxylic acids is 1. The van der Waals surface area contributed by atoms with E-state index in [2.05, 4.69) is 10.2 Å². The maximum atomic E-state index is 12.7. The third-order valence-corrected chi connectivity index (χ3v) is 5.05. The number of hydrogen-bond acceptors (Lipinski definition) is 6. The zero-order chi connectivity index (χ0) is 18.9. The fraction of sp³-hybridized carbons (Fsp3) is 0.381. The van der Waals surface area contributed by atoms with Crippen LogP contribution in [0.5, 0.6) is 11.5 Å². The maximum Gasteiger partial charge on any atom is 0.174 e. The number of hydrogen-bond donors (Lipinski definition) is 2. The lowest BCUT2D eigenvalue weighted by molar-refractivity contribution is 0.0584. The van der Waals surface area contributed by atoms with Crippen molar-refractivity contribution in [3.8, 4) is 11.5 Å². The van der Waals surface area contributed by atoms with E-state index in [1.807, 2.05) is 43.3 Å². The Bertz CT molecular complexity index is 834. The first-order valence-electron chi connectivity index (χ1n) is 9.25. The molecule has 0 radical (unpaired) electrons. The molecular weight excluding hydrogens is 344 g/mol. The molecule has 142 valence electrons. The standard InChI is InChI=1S/C21H24N2O4/c1-21(14-22-15-5-3-2-4-6-15)13-18(25)20-17(24)11-16(12-19(20)27-21)23-7-9-26-10-8-23/h2-6,11-12,22,24H,7-10,13-14H2,1H3. The molecule has 2 N–H and O–H groups in total. The van der Waals surface area contributed by atoms with E-state index in [4.69, 9.17) is 9.47 Å². The number of nitrogens with one attached hydrogen (secondary N) is 1. The van der Waals surface area contributed by atoms with Gasteiger partial charge in [-0.3, -0.25) is 4.79 Å². The zero-order valence-electron chi connectivity index (χ0n) is 15.4. The van der Waals surface area contributed by atoms with Gasteiger partial charge in [0, 0.05) is 36.6 Å². The molecule has 2 aromatic carbocycles. The van der Waals surface area contributed by atoms with Crippen LogP contribution < -0.4 is 15.0 Å². The van der Waals surface area contributed by atoms with Gasteiger partial charge < -0.3 is 24.8 Å². The number of fused-ring (bicyclic) bond motifs is 1. The average Bonchev–Trinajstić information content (AvgIpc) is 2.67. The summed E-state index contributed by atoms with van der Waals surface area (Å²) < 4.78 is 11.6. The van der Waals surface area contributed by atoms with Crippen LogP contribution in [0.2, 0.25) is 0 Å². The summed E-state index contributed by atoms with van der Waals surface area (Å²) in [5.74, 6) is 0.335. The van der Waals surface area contributed by atoms with Crippen molar-refractivity contribution in [2.75, 3.05) is 43.1 Å². The van der Waals surface area contributed by atoms with Crippen molar-refractivity contribution in [3.63, 3.8) is 0 Å². The van der Waals surface area contributed by atoms with Gasteiger partial charge in [0.2, 0.25) is 0 Å². The first-order valence-corrected chi connectivity index (χ1v) is 9.25. The number of benzene rings is 2. The summed E-state index contributed by atoms with van der Waals surface area (Å²) in [6.45, 7) is 5.21. The topological polar surface area (TPSA) is 71.0 Å². The van der Waals surface area contributed by atoms with Crippen molar-refractivity contribution in [1.82, 2.24) is 0 Å². The molecule has 1 saturated heterocycles. The van der Waals surface area contributed by atoms with E-state index in [1.165, 1.54) is 0 Å². The third-order valence-electron chi connectivity index (χ3n) is 5.05. The SMILES string of the molecule is CC1(CNc2ccccc2)CC(=O)c2c(O)cc(N3CCOCC3)cc2O1. The fourth-order valence-electron chi connectivity index (χ4n) is 3.62. The molecule has 2 heterocycles. The van der Waals surface area contributed by atoms with Gasteiger partial charge in [-0.25, -0.2) is 0 Å². The van der Waals surface area contributed by atoms with Gasteiger partial charge in [-0.2, -0.15) is 0 Å². The number of anilines is 2. The van der Waals surface area contributed by atoms with Crippen LogP contribution in [0.4, 0.5) is 11.4 Å². The number of phenolic OH excluding ortho intramolecular Hbond substituents is 1. The molecule has 1 fully saturated rings. The largest absolute Gasteiger partial charge is 0.507 e. The van der Waals surface area contributed by atoms with Gasteiger partial charge in [-0.05, 0) is 19.1 Å². The van der Waals surface area contributed by atoms with Gasteiger partial charge in [-0.1, -0.05) is 18.2 Å². The summed E-state index contributed by atoms with van der Waals surface area (Å²) in [5.41, 5.74) is 1.42. The van der Waals surface area contributed by atoms with Gasteiger partial charge in [0.05, 0.1) is 26.2 Å². The molecule has 1 atom stereocenters. The minimum absolute atomic E-state index is 0.0166. The maximum absolute atomic E-state index is 12.7. The Kier molecular flexibility index (Phi) is 4.66. The molecule has 2 aliphatic heterocycles. The van der Waals surface area contributed by atoms with Crippen LogP contribution in [-0.2, 0) is 4.74 Å². The van der Waals surface area contributed by atoms with Crippen molar-refractivity contribution < 1.29 is 19.4 Å². The molecule has 0 spiro atoms. The van der Waals surface area contributed by atoms with Crippen LogP contribution in [0.15, 0.2) is 42.5 Å². The molecule has 0 aromatic heterocycles. The Morgan fingerprint density at radius 1 is 1.19 bits per heavy atom. The van der Waals surface area contributed by atoms with Crippen molar-refractivity contribution in [2.24, 2.45) is 0 Å². The number of aromatic hydroxyl groups is 1. The summed E-state index contributed by atoms with van der Waals surface area (Å²) in [7, 11) is 0. The number of Topliss-reactive ketones (excluding diaryl/α,β-unsaturated/α-hetero) is 1. The highest BCUT2D eigenvalue weighted by molar-refractivity contribution is 6.03. The lowest BCUT2D eigenvalue weighted by Gasteiger charge is -2.36. The summed E-state index contributed by atoms with van der Waals surface area (Å²) in [6, 6.07) is 13.3. The Morgan fingerprint density at radius 3 is 2.67 bits per heavy atom. The predicted molar refractivity (Wildman–Crippen MR) is 104 cm³/mol. The molecule has 0 bridgehead atoms. The van der Waals surface area contributed by atoms with Crippen molar-refractivity contribution >= 4 is 17.2 Å². The number of rotatable bonds is 4. The second-order valence-electron chi connectivity index (χ2n) is 7.31. The van der Waals surface area contributed by atoms with Crippen LogP contribution in [0.3, 0.4) is 0 Å². The van der Waals surface area contributed by atoms with E-state index in [9.17, 15) is 9.90 Å². The summed E-state index contributed by atoms with van der Waals surface area (Å²) in [5, 5.41) is 13.8. The lowest BCUT2D eigenvalue weighted by atomic mass is 9.90. The summed E-state index contributed by atoms with van der Waals surface area (Å²) >= 11 is 0. The number of para-hydroxylation sites is 1. The molecule has 2 aliphatic rings. The first-order chi connectivity index (χ1) is 13.0. The normalized spacial score (nSPS) is 22.1. The Morgan fingerprint density at radius 2 is 1.93 bits per heavy atom. The Labute approximate surface area is 158 Å². The van der Waals surface area contributed by atoms with Crippen molar-refractivity contribution in [1.29, 1.82) is 0 Å². The number of carbonyl (C=O) groups is 1. The van der Waals surface area contributed by atoms with Gasteiger partial charge in [0.25, 0.3) is 0 Å². The van der Waals surface area contributed by atoms with E-state index in [0.29, 0.717) is 25.5 Å². The Hall–Kier alpha value is -2.73. The summed E-state index contributed by atoms with van der Waals surface area (Å²) in [4.78, 5) is 14.8. The van der Waals surface area contributed by atoms with E-state index in [-0.39, 0.29) is 23.5 Å². The second kappa shape index (κ2) is 7.12. The molecule has 27 heavy (non-hydrogen) atoms. The van der Waals surface area contributed by atoms with E-state index < -0.39 is 5.60 Å². The van der Waals surface area contributed by atoms with Crippen LogP contribution in [0.25, 0.3) is 0 Å². The Balaban J connectivity index is 1.57. The molecule has 1 unspecified atom stereocenters. The molecule has 0 aliphatic carbocycles. The third kappa shape index (κ3) is 3.71. The number of ketones is 1.